The molecule has 1 amide bonds. The number of nitrogens with one attached hydrogen (secondary N) is 1. The smallest absolute Gasteiger partial charge is 0.227 e. The van der Waals surface area contributed by atoms with Crippen molar-refractivity contribution < 1.29 is 15.0 Å². The number of phenolic OH excluding ortho intramolecular Hbond substituents is 2. The molecule has 0 spiro atoms. The van der Waals surface area contributed by atoms with E-state index < -0.39 is 0 Å². The van der Waals surface area contributed by atoms with Crippen LogP contribution in [0.3, 0.4) is 0 Å². The molecule has 2 rings (SSSR count). The van der Waals surface area contributed by atoms with Crippen LogP contribution < -0.4 is 5.43 Å². The molecule has 0 fully saturated rings. The van der Waals surface area contributed by atoms with E-state index in [9.17, 15) is 15.0 Å². The average Bonchev–Trinajstić information content (AvgIpc) is 2.42. The first-order valence-corrected chi connectivity index (χ1v) is 5.57. The molecule has 96 valence electrons. The Labute approximate surface area is 109 Å². The third-order valence-corrected chi connectivity index (χ3v) is 2.55. The molecule has 5 heteroatoms. The summed E-state index contributed by atoms with van der Waals surface area (Å²) in [5.74, 6) is 0.0226. The van der Waals surface area contributed by atoms with Crippen molar-refractivity contribution >= 4 is 12.1 Å². The summed E-state index contributed by atoms with van der Waals surface area (Å²) in [6.45, 7) is 0. The number of aromatic hydroxyl groups is 2. The van der Waals surface area contributed by atoms with Gasteiger partial charge in [0, 0.05) is 11.1 Å². The monoisotopic (exact) mass is 256 g/mol. The van der Waals surface area contributed by atoms with Gasteiger partial charge in [-0.1, -0.05) is 24.3 Å². The minimum absolute atomic E-state index is 0.0113. The molecule has 0 aliphatic heterocycles. The second-order valence-electron chi connectivity index (χ2n) is 3.74. The van der Waals surface area contributed by atoms with Crippen LogP contribution in [-0.2, 0) is 4.79 Å². The highest BCUT2D eigenvalue weighted by atomic mass is 16.3. The molecule has 2 aromatic rings. The fourth-order valence-electron chi connectivity index (χ4n) is 1.70. The normalized spacial score (nSPS) is 9.68. The highest BCUT2D eigenvalue weighted by Gasteiger charge is 2.14. The Balaban J connectivity index is 2.58. The summed E-state index contributed by atoms with van der Waals surface area (Å²) in [6, 6.07) is 13.1. The average molecular weight is 256 g/mol. The van der Waals surface area contributed by atoms with Gasteiger partial charge in [-0.25, -0.2) is 5.43 Å². The molecule has 0 saturated carbocycles. The molecular weight excluding hydrogens is 244 g/mol. The highest BCUT2D eigenvalue weighted by Crippen LogP contribution is 2.25. The van der Waals surface area contributed by atoms with Crippen molar-refractivity contribution in [2.45, 2.75) is 0 Å². The number of hydrogen-bond acceptors (Lipinski definition) is 4. The number of para-hydroxylation sites is 2. The number of phenols is 2. The number of hydrazone groups is 1. The Morgan fingerprint density at radius 2 is 1.42 bits per heavy atom. The van der Waals surface area contributed by atoms with E-state index in [1.807, 2.05) is 0 Å². The maximum absolute atomic E-state index is 10.4. The van der Waals surface area contributed by atoms with Crippen molar-refractivity contribution in [3.63, 3.8) is 0 Å². The Kier molecular flexibility index (Phi) is 3.78. The summed E-state index contributed by atoms with van der Waals surface area (Å²) in [6.07, 6.45) is 0.417. The van der Waals surface area contributed by atoms with E-state index in [0.29, 0.717) is 17.5 Å². The van der Waals surface area contributed by atoms with E-state index in [-0.39, 0.29) is 17.2 Å². The fraction of sp³-hybridized carbons (Fsp3) is 0. The zero-order chi connectivity index (χ0) is 13.7. The van der Waals surface area contributed by atoms with Gasteiger partial charge < -0.3 is 10.2 Å². The maximum Gasteiger partial charge on any atom is 0.227 e. The van der Waals surface area contributed by atoms with Gasteiger partial charge in [-0.15, -0.1) is 0 Å². The van der Waals surface area contributed by atoms with Gasteiger partial charge in [-0.2, -0.15) is 5.10 Å². The molecule has 0 saturated heterocycles. The molecule has 3 N–H and O–H groups in total. The summed E-state index contributed by atoms with van der Waals surface area (Å²) in [4.78, 5) is 10.4. The molecule has 0 unspecified atom stereocenters. The van der Waals surface area contributed by atoms with E-state index in [4.69, 9.17) is 0 Å². The molecule has 0 aliphatic rings. The van der Waals surface area contributed by atoms with Crippen LogP contribution in [-0.4, -0.2) is 22.3 Å². The summed E-state index contributed by atoms with van der Waals surface area (Å²) in [5.41, 5.74) is 3.30. The number of amides is 1. The molecule has 0 bridgehead atoms. The number of rotatable bonds is 4. The molecule has 0 aromatic heterocycles. The Morgan fingerprint density at radius 3 is 1.84 bits per heavy atom. The lowest BCUT2D eigenvalue weighted by Gasteiger charge is -2.09. The summed E-state index contributed by atoms with van der Waals surface area (Å²) < 4.78 is 0. The van der Waals surface area contributed by atoms with Crippen molar-refractivity contribution in [2.24, 2.45) is 5.10 Å². The minimum atomic E-state index is 0.0113. The third kappa shape index (κ3) is 2.71. The standard InChI is InChI=1S/C14H12N2O3/c17-9-15-16-14(10-5-1-3-7-12(10)18)11-6-2-4-8-13(11)19/h1-9,18-19H,(H,15,17). The first-order valence-electron chi connectivity index (χ1n) is 5.57. The minimum Gasteiger partial charge on any atom is -0.507 e. The summed E-state index contributed by atoms with van der Waals surface area (Å²) in [7, 11) is 0. The number of carbonyl (C=O) groups is 1. The SMILES string of the molecule is O=CNN=C(c1ccccc1O)c1ccccc1O. The van der Waals surface area contributed by atoms with Crippen LogP contribution in [0, 0.1) is 0 Å². The first kappa shape index (κ1) is 12.6. The van der Waals surface area contributed by atoms with Crippen molar-refractivity contribution in [3.05, 3.63) is 59.7 Å². The van der Waals surface area contributed by atoms with E-state index in [0.717, 1.165) is 0 Å². The molecule has 2 aromatic carbocycles. The van der Waals surface area contributed by atoms with Crippen molar-refractivity contribution in [2.75, 3.05) is 0 Å². The van der Waals surface area contributed by atoms with Gasteiger partial charge in [0.1, 0.15) is 17.2 Å². The van der Waals surface area contributed by atoms with Gasteiger partial charge >= 0.3 is 0 Å². The van der Waals surface area contributed by atoms with Crippen LogP contribution in [0.2, 0.25) is 0 Å². The van der Waals surface area contributed by atoms with Crippen molar-refractivity contribution in [1.29, 1.82) is 0 Å². The van der Waals surface area contributed by atoms with Crippen LogP contribution in [0.25, 0.3) is 0 Å². The van der Waals surface area contributed by atoms with Crippen LogP contribution in [0.15, 0.2) is 53.6 Å². The molecule has 0 aliphatic carbocycles. The molecule has 19 heavy (non-hydrogen) atoms. The van der Waals surface area contributed by atoms with Crippen LogP contribution in [0.1, 0.15) is 11.1 Å². The van der Waals surface area contributed by atoms with E-state index >= 15 is 0 Å². The quantitative estimate of drug-likeness (QED) is 0.441. The fourth-order valence-corrected chi connectivity index (χ4v) is 1.70. The predicted octanol–water partition coefficient (Wildman–Crippen LogP) is 1.60. The largest absolute Gasteiger partial charge is 0.507 e. The Morgan fingerprint density at radius 1 is 0.947 bits per heavy atom. The van der Waals surface area contributed by atoms with E-state index in [1.165, 1.54) is 12.1 Å². The van der Waals surface area contributed by atoms with Crippen LogP contribution in [0.4, 0.5) is 0 Å². The van der Waals surface area contributed by atoms with Gasteiger partial charge in [0.25, 0.3) is 0 Å². The van der Waals surface area contributed by atoms with Gasteiger partial charge in [-0.3, -0.25) is 4.79 Å². The highest BCUT2D eigenvalue weighted by molar-refractivity contribution is 6.15. The molecule has 5 nitrogen and oxygen atoms in total. The number of nitrogens with zero attached hydrogens (tertiary/aromatic N) is 1. The van der Waals surface area contributed by atoms with E-state index in [1.54, 1.807) is 36.4 Å². The molecule has 0 atom stereocenters. The summed E-state index contributed by atoms with van der Waals surface area (Å²) >= 11 is 0. The van der Waals surface area contributed by atoms with Gasteiger partial charge in [0.2, 0.25) is 6.41 Å². The second kappa shape index (κ2) is 5.68. The zero-order valence-corrected chi connectivity index (χ0v) is 9.95. The second-order valence-corrected chi connectivity index (χ2v) is 3.74. The summed E-state index contributed by atoms with van der Waals surface area (Å²) in [5, 5.41) is 23.6. The lowest BCUT2D eigenvalue weighted by molar-refractivity contribution is -0.109. The lowest BCUT2D eigenvalue weighted by Crippen LogP contribution is -2.11. The lowest BCUT2D eigenvalue weighted by atomic mass is 10.0. The maximum atomic E-state index is 10.4. The molecular formula is C14H12N2O3. The van der Waals surface area contributed by atoms with E-state index in [2.05, 4.69) is 10.5 Å². The van der Waals surface area contributed by atoms with Crippen LogP contribution >= 0.6 is 0 Å². The number of hydrogen-bond donors (Lipinski definition) is 3. The number of benzene rings is 2. The predicted molar refractivity (Wildman–Crippen MR) is 71.1 cm³/mol. The Bertz CT molecular complexity index is 576. The van der Waals surface area contributed by atoms with Gasteiger partial charge in [-0.05, 0) is 24.3 Å². The van der Waals surface area contributed by atoms with Crippen molar-refractivity contribution in [1.82, 2.24) is 5.43 Å². The Hall–Kier alpha value is -2.82. The third-order valence-electron chi connectivity index (χ3n) is 2.55. The van der Waals surface area contributed by atoms with Crippen molar-refractivity contribution in [3.8, 4) is 11.5 Å². The first-order chi connectivity index (χ1) is 9.24. The molecule has 0 radical (unpaired) electrons. The van der Waals surface area contributed by atoms with Gasteiger partial charge in [0.05, 0.1) is 0 Å². The van der Waals surface area contributed by atoms with Crippen LogP contribution in [0.5, 0.6) is 11.5 Å². The molecule has 0 heterocycles. The van der Waals surface area contributed by atoms with Gasteiger partial charge in [0.15, 0.2) is 0 Å². The zero-order valence-electron chi connectivity index (χ0n) is 9.95. The topological polar surface area (TPSA) is 81.9 Å². The number of carbonyl (C=O) groups excluding carboxylic acids is 1.